The lowest BCUT2D eigenvalue weighted by molar-refractivity contribution is -0.125. The Balaban J connectivity index is 2.03. The van der Waals surface area contributed by atoms with Crippen LogP contribution in [0.3, 0.4) is 0 Å². The quantitative estimate of drug-likeness (QED) is 0.252. The van der Waals surface area contributed by atoms with E-state index in [0.29, 0.717) is 41.0 Å². The lowest BCUT2D eigenvalue weighted by Crippen LogP contribution is -2.42. The van der Waals surface area contributed by atoms with Gasteiger partial charge in [0.1, 0.15) is 11.5 Å². The highest BCUT2D eigenvalue weighted by Crippen LogP contribution is 2.32. The van der Waals surface area contributed by atoms with Gasteiger partial charge in [-0.05, 0) is 55.7 Å². The Morgan fingerprint density at radius 1 is 1.11 bits per heavy atom. The normalized spacial score (nSPS) is 11.3. The number of aromatic nitrogens is 2. The first kappa shape index (κ1) is 28.9. The standard InChI is InChI=1S/C28H34FN3O6/c1-7-8-23(34)19-12-18(3)26(21(29)13-19)27-22(32-10-9-17(2)11-24(32)30-27)14-20(33)15-31(28(35)38-6)16-25(36-4)37-5/h9-13,25H,7-8,14-16H2,1-6H3. The van der Waals surface area contributed by atoms with Crippen LogP contribution in [0.2, 0.25) is 0 Å². The highest BCUT2D eigenvalue weighted by Gasteiger charge is 2.26. The zero-order valence-corrected chi connectivity index (χ0v) is 22.7. The van der Waals surface area contributed by atoms with Crippen LogP contribution in [0.1, 0.15) is 46.9 Å². The summed E-state index contributed by atoms with van der Waals surface area (Å²) in [6.07, 6.45) is 1.18. The molecule has 1 aromatic carbocycles. The molecule has 0 saturated carbocycles. The summed E-state index contributed by atoms with van der Waals surface area (Å²) >= 11 is 0. The van der Waals surface area contributed by atoms with Crippen molar-refractivity contribution in [3.63, 3.8) is 0 Å². The Hall–Kier alpha value is -3.63. The van der Waals surface area contributed by atoms with Gasteiger partial charge in [0.05, 0.1) is 38.0 Å². The van der Waals surface area contributed by atoms with E-state index in [-0.39, 0.29) is 36.6 Å². The fourth-order valence-corrected chi connectivity index (χ4v) is 4.36. The van der Waals surface area contributed by atoms with Gasteiger partial charge in [0, 0.05) is 38.0 Å². The van der Waals surface area contributed by atoms with E-state index in [1.807, 2.05) is 26.0 Å². The smallest absolute Gasteiger partial charge is 0.410 e. The number of pyridine rings is 1. The molecule has 1 amide bonds. The summed E-state index contributed by atoms with van der Waals surface area (Å²) < 4.78 is 32.4. The number of carbonyl (C=O) groups is 3. The van der Waals surface area contributed by atoms with Gasteiger partial charge in [-0.15, -0.1) is 0 Å². The number of ketones is 2. The molecule has 38 heavy (non-hydrogen) atoms. The molecule has 3 rings (SSSR count). The van der Waals surface area contributed by atoms with Crippen molar-refractivity contribution < 1.29 is 33.0 Å². The van der Waals surface area contributed by atoms with Crippen molar-refractivity contribution in [3.8, 4) is 11.3 Å². The highest BCUT2D eigenvalue weighted by molar-refractivity contribution is 5.97. The van der Waals surface area contributed by atoms with Gasteiger partial charge in [0.25, 0.3) is 0 Å². The molecule has 204 valence electrons. The Bertz CT molecular complexity index is 1310. The van der Waals surface area contributed by atoms with Crippen LogP contribution in [0.5, 0.6) is 0 Å². The van der Waals surface area contributed by atoms with E-state index in [2.05, 4.69) is 4.98 Å². The molecule has 0 unspecified atom stereocenters. The molecule has 0 aliphatic rings. The first-order valence-corrected chi connectivity index (χ1v) is 12.3. The molecule has 0 aliphatic heterocycles. The first-order valence-electron chi connectivity index (χ1n) is 12.3. The molecule has 0 atom stereocenters. The molecule has 2 heterocycles. The SMILES string of the molecule is CCCC(=O)c1cc(C)c(-c2nc3cc(C)ccn3c2CC(=O)CN(CC(OC)OC)C(=O)OC)c(F)c1. The molecular weight excluding hydrogens is 493 g/mol. The monoisotopic (exact) mass is 527 g/mol. The van der Waals surface area contributed by atoms with E-state index in [4.69, 9.17) is 14.2 Å². The fraction of sp³-hybridized carbons (Fsp3) is 0.429. The molecule has 9 nitrogen and oxygen atoms in total. The van der Waals surface area contributed by atoms with Crippen molar-refractivity contribution in [3.05, 3.63) is 58.7 Å². The Labute approximate surface area is 221 Å². The Morgan fingerprint density at radius 3 is 2.42 bits per heavy atom. The number of imidazole rings is 1. The maximum Gasteiger partial charge on any atom is 0.410 e. The number of halogens is 1. The van der Waals surface area contributed by atoms with E-state index in [1.165, 1.54) is 32.3 Å². The summed E-state index contributed by atoms with van der Waals surface area (Å²) in [5.41, 5.74) is 3.36. The van der Waals surface area contributed by atoms with Gasteiger partial charge in [0.15, 0.2) is 17.9 Å². The minimum Gasteiger partial charge on any atom is -0.453 e. The van der Waals surface area contributed by atoms with Gasteiger partial charge in [0.2, 0.25) is 0 Å². The summed E-state index contributed by atoms with van der Waals surface area (Å²) in [7, 11) is 4.08. The van der Waals surface area contributed by atoms with Crippen LogP contribution in [0.25, 0.3) is 16.9 Å². The van der Waals surface area contributed by atoms with Crippen molar-refractivity contribution in [1.82, 2.24) is 14.3 Å². The second-order valence-corrected chi connectivity index (χ2v) is 9.13. The minimum atomic E-state index is -0.748. The Morgan fingerprint density at radius 2 is 1.82 bits per heavy atom. The molecule has 0 saturated heterocycles. The predicted octanol–water partition coefficient (Wildman–Crippen LogP) is 4.54. The third kappa shape index (κ3) is 6.43. The molecule has 3 aromatic rings. The second-order valence-electron chi connectivity index (χ2n) is 9.13. The first-order chi connectivity index (χ1) is 18.1. The summed E-state index contributed by atoms with van der Waals surface area (Å²) in [5, 5.41) is 0. The number of carbonyl (C=O) groups excluding carboxylic acids is 3. The number of benzene rings is 1. The predicted molar refractivity (Wildman–Crippen MR) is 140 cm³/mol. The molecule has 0 N–H and O–H groups in total. The largest absolute Gasteiger partial charge is 0.453 e. The van der Waals surface area contributed by atoms with Gasteiger partial charge >= 0.3 is 6.09 Å². The number of rotatable bonds is 12. The van der Waals surface area contributed by atoms with E-state index in [0.717, 1.165) is 5.56 Å². The number of Topliss-reactive ketones (excluding diaryl/α,β-unsaturated/α-hetero) is 2. The van der Waals surface area contributed by atoms with Crippen LogP contribution in [0, 0.1) is 19.7 Å². The van der Waals surface area contributed by atoms with Crippen LogP contribution in [0.15, 0.2) is 30.5 Å². The number of methoxy groups -OCH3 is 3. The molecule has 0 spiro atoms. The summed E-state index contributed by atoms with van der Waals surface area (Å²) in [5.74, 6) is -1.04. The average Bonchev–Trinajstić information content (AvgIpc) is 3.21. The molecule has 0 radical (unpaired) electrons. The minimum absolute atomic E-state index is 0.0222. The number of amides is 1. The second kappa shape index (κ2) is 12.7. The maximum atomic E-state index is 15.5. The molecule has 10 heteroatoms. The van der Waals surface area contributed by atoms with Crippen molar-refractivity contribution in [2.24, 2.45) is 0 Å². The van der Waals surface area contributed by atoms with E-state index >= 15 is 4.39 Å². The van der Waals surface area contributed by atoms with E-state index in [1.54, 1.807) is 23.6 Å². The van der Waals surface area contributed by atoms with Crippen molar-refractivity contribution in [2.45, 2.75) is 46.3 Å². The van der Waals surface area contributed by atoms with Crippen molar-refractivity contribution >= 4 is 23.3 Å². The summed E-state index contributed by atoms with van der Waals surface area (Å²) in [6, 6.07) is 6.60. The number of aryl methyl sites for hydroxylation is 2. The number of fused-ring (bicyclic) bond motifs is 1. The van der Waals surface area contributed by atoms with E-state index in [9.17, 15) is 14.4 Å². The van der Waals surface area contributed by atoms with Crippen LogP contribution < -0.4 is 0 Å². The zero-order chi connectivity index (χ0) is 28.0. The van der Waals surface area contributed by atoms with Crippen LogP contribution in [0.4, 0.5) is 9.18 Å². The van der Waals surface area contributed by atoms with Gasteiger partial charge in [-0.25, -0.2) is 14.2 Å². The molecule has 2 aromatic heterocycles. The van der Waals surface area contributed by atoms with Gasteiger partial charge < -0.3 is 18.6 Å². The Kier molecular flexibility index (Phi) is 9.71. The topological polar surface area (TPSA) is 99.4 Å². The van der Waals surface area contributed by atoms with Crippen molar-refractivity contribution in [2.75, 3.05) is 34.4 Å². The highest BCUT2D eigenvalue weighted by atomic mass is 19.1. The van der Waals surface area contributed by atoms with Gasteiger partial charge in [-0.2, -0.15) is 0 Å². The van der Waals surface area contributed by atoms with Crippen LogP contribution >= 0.6 is 0 Å². The average molecular weight is 528 g/mol. The molecular formula is C28H34FN3O6. The van der Waals surface area contributed by atoms with E-state index < -0.39 is 18.2 Å². The van der Waals surface area contributed by atoms with Crippen molar-refractivity contribution in [1.29, 1.82) is 0 Å². The summed E-state index contributed by atoms with van der Waals surface area (Å²) in [6.45, 7) is 5.22. The molecule has 0 fully saturated rings. The van der Waals surface area contributed by atoms with Gasteiger partial charge in [-0.3, -0.25) is 14.5 Å². The molecule has 0 bridgehead atoms. The number of nitrogens with zero attached hydrogens (tertiary/aromatic N) is 3. The van der Waals surface area contributed by atoms with Crippen LogP contribution in [-0.4, -0.2) is 72.7 Å². The lowest BCUT2D eigenvalue weighted by Gasteiger charge is -2.24. The molecule has 0 aliphatic carbocycles. The maximum absolute atomic E-state index is 15.5. The number of hydrogen-bond acceptors (Lipinski definition) is 7. The third-order valence-electron chi connectivity index (χ3n) is 6.26. The third-order valence-corrected chi connectivity index (χ3v) is 6.26. The lowest BCUT2D eigenvalue weighted by atomic mass is 9.96. The number of hydrogen-bond donors (Lipinski definition) is 0. The van der Waals surface area contributed by atoms with Gasteiger partial charge in [-0.1, -0.05) is 6.92 Å². The summed E-state index contributed by atoms with van der Waals surface area (Å²) in [4.78, 5) is 43.9. The van der Waals surface area contributed by atoms with Crippen LogP contribution in [-0.2, 0) is 25.4 Å². The zero-order valence-electron chi connectivity index (χ0n) is 22.7. The fourth-order valence-electron chi connectivity index (χ4n) is 4.36. The number of ether oxygens (including phenoxy) is 3.